The van der Waals surface area contributed by atoms with E-state index in [1.165, 1.54) is 70.6 Å². The minimum Gasteiger partial charge on any atom is -0.355 e. The van der Waals surface area contributed by atoms with Crippen LogP contribution in [0.1, 0.15) is 104 Å². The summed E-state index contributed by atoms with van der Waals surface area (Å²) in [4.78, 5) is 14.0. The van der Waals surface area contributed by atoms with Gasteiger partial charge in [0, 0.05) is 12.0 Å². The molecule has 5 atom stereocenters. The van der Waals surface area contributed by atoms with E-state index in [0.717, 1.165) is 37.1 Å². The normalized spacial score (nSPS) is 52.5. The van der Waals surface area contributed by atoms with Gasteiger partial charge in [0.15, 0.2) is 0 Å². The number of amides is 1. The number of carbonyl (C=O) groups excluding carboxylic acids is 1. The Morgan fingerprint density at radius 3 is 2.33 bits per heavy atom. The van der Waals surface area contributed by atoms with E-state index in [-0.39, 0.29) is 16.2 Å². The van der Waals surface area contributed by atoms with Crippen LogP contribution in [0, 0.1) is 51.2 Å². The fraction of sp³-hybridized carbons (Fsp3) is 0.839. The molecule has 4 bridgehead atoms. The zero-order valence-corrected chi connectivity index (χ0v) is 21.6. The Morgan fingerprint density at radius 2 is 1.70 bits per heavy atom. The molecule has 0 radical (unpaired) electrons. The zero-order valence-electron chi connectivity index (χ0n) is 21.6. The van der Waals surface area contributed by atoms with Crippen LogP contribution in [-0.4, -0.2) is 12.5 Å². The molecule has 7 rings (SSSR count). The summed E-state index contributed by atoms with van der Waals surface area (Å²) in [6.45, 7) is 12.3. The highest BCUT2D eigenvalue weighted by Gasteiger charge is 2.58. The van der Waals surface area contributed by atoms with Crippen LogP contribution in [-0.2, 0) is 4.79 Å². The molecule has 7 aliphatic carbocycles. The molecule has 0 unspecified atom stereocenters. The number of hydrogen-bond donors (Lipinski definition) is 1. The van der Waals surface area contributed by atoms with E-state index in [2.05, 4.69) is 44.8 Å². The molecular formula is C31H47NO. The largest absolute Gasteiger partial charge is 0.355 e. The number of rotatable bonds is 4. The predicted molar refractivity (Wildman–Crippen MR) is 136 cm³/mol. The Kier molecular flexibility index (Phi) is 5.08. The lowest BCUT2D eigenvalue weighted by Gasteiger charge is -2.59. The van der Waals surface area contributed by atoms with Crippen LogP contribution in [0.5, 0.6) is 0 Å². The smallest absolute Gasteiger partial charge is 0.226 e. The van der Waals surface area contributed by atoms with Crippen molar-refractivity contribution in [1.29, 1.82) is 0 Å². The SMILES string of the molecule is C=C[C@@]1(C)CC=C2[C@@H](CC[C@@H]3[C@](C)(C(=O)NCC45CC6CC(CC(C6)C4)C5)CCC[C@@]23C)C1. The van der Waals surface area contributed by atoms with E-state index < -0.39 is 0 Å². The lowest BCUT2D eigenvalue weighted by atomic mass is 9.46. The summed E-state index contributed by atoms with van der Waals surface area (Å²) in [7, 11) is 0. The maximum atomic E-state index is 14.0. The summed E-state index contributed by atoms with van der Waals surface area (Å²) in [5, 5.41) is 3.62. The maximum absolute atomic E-state index is 14.0. The summed E-state index contributed by atoms with van der Waals surface area (Å²) >= 11 is 0. The second kappa shape index (κ2) is 7.47. The lowest BCUT2D eigenvalue weighted by Crippen LogP contribution is -2.57. The average molecular weight is 450 g/mol. The van der Waals surface area contributed by atoms with E-state index in [9.17, 15) is 4.79 Å². The van der Waals surface area contributed by atoms with Crippen LogP contribution >= 0.6 is 0 Å². The highest BCUT2D eigenvalue weighted by atomic mass is 16.2. The van der Waals surface area contributed by atoms with Gasteiger partial charge in [-0.15, -0.1) is 6.58 Å². The van der Waals surface area contributed by atoms with Gasteiger partial charge in [-0.2, -0.15) is 0 Å². The van der Waals surface area contributed by atoms with Crippen molar-refractivity contribution in [2.45, 2.75) is 104 Å². The highest BCUT2D eigenvalue weighted by molar-refractivity contribution is 5.83. The van der Waals surface area contributed by atoms with Crippen molar-refractivity contribution in [3.05, 3.63) is 24.3 Å². The van der Waals surface area contributed by atoms with Gasteiger partial charge in [-0.25, -0.2) is 0 Å². The van der Waals surface area contributed by atoms with E-state index in [4.69, 9.17) is 0 Å². The molecule has 0 heterocycles. The quantitative estimate of drug-likeness (QED) is 0.444. The van der Waals surface area contributed by atoms with Crippen LogP contribution < -0.4 is 5.32 Å². The maximum Gasteiger partial charge on any atom is 0.226 e. The molecule has 6 saturated carbocycles. The van der Waals surface area contributed by atoms with Crippen molar-refractivity contribution >= 4 is 5.91 Å². The molecule has 1 amide bonds. The standard InChI is InChI=1S/C31H47NO/c1-5-28(2)12-9-25-24(19-28)7-8-26-29(25,3)10-6-11-30(26,4)27(33)32-20-31-16-21-13-22(17-31)15-23(14-21)18-31/h5,9,21-24,26H,1,6-8,10-20H2,2-4H3,(H,32,33)/t21?,22?,23?,24-,26-,28-,29-,30+,31?/m0/s1. The number of fused-ring (bicyclic) bond motifs is 3. The van der Waals surface area contributed by atoms with Crippen molar-refractivity contribution < 1.29 is 4.79 Å². The average Bonchev–Trinajstić information content (AvgIpc) is 2.76. The molecule has 33 heavy (non-hydrogen) atoms. The second-order valence-electron chi connectivity index (χ2n) is 14.5. The molecule has 0 aliphatic heterocycles. The minimum absolute atomic E-state index is 0.205. The van der Waals surface area contributed by atoms with E-state index in [1.807, 2.05) is 0 Å². The topological polar surface area (TPSA) is 29.1 Å². The Labute approximate surface area is 202 Å². The van der Waals surface area contributed by atoms with Crippen molar-refractivity contribution in [2.24, 2.45) is 51.2 Å². The van der Waals surface area contributed by atoms with Crippen LogP contribution in [0.4, 0.5) is 0 Å². The number of nitrogens with one attached hydrogen (secondary N) is 1. The minimum atomic E-state index is -0.208. The summed E-state index contributed by atoms with van der Waals surface area (Å²) in [5.74, 6) is 4.44. The van der Waals surface area contributed by atoms with Crippen LogP contribution in [0.15, 0.2) is 24.3 Å². The molecule has 182 valence electrons. The van der Waals surface area contributed by atoms with Crippen LogP contribution in [0.3, 0.4) is 0 Å². The van der Waals surface area contributed by atoms with Crippen molar-refractivity contribution in [3.8, 4) is 0 Å². The van der Waals surface area contributed by atoms with Gasteiger partial charge in [-0.3, -0.25) is 4.79 Å². The monoisotopic (exact) mass is 449 g/mol. The van der Waals surface area contributed by atoms with Crippen molar-refractivity contribution in [3.63, 3.8) is 0 Å². The number of carbonyl (C=O) groups is 1. The molecule has 2 heteroatoms. The molecule has 1 N–H and O–H groups in total. The van der Waals surface area contributed by atoms with Gasteiger partial charge >= 0.3 is 0 Å². The summed E-state index contributed by atoms with van der Waals surface area (Å²) in [6, 6.07) is 0. The second-order valence-corrected chi connectivity index (χ2v) is 14.5. The first-order valence-electron chi connectivity index (χ1n) is 14.3. The molecule has 0 aromatic carbocycles. The Hall–Kier alpha value is -1.05. The molecule has 2 nitrogen and oxygen atoms in total. The van der Waals surface area contributed by atoms with Gasteiger partial charge in [0.25, 0.3) is 0 Å². The van der Waals surface area contributed by atoms with Crippen LogP contribution in [0.25, 0.3) is 0 Å². The summed E-state index contributed by atoms with van der Waals surface area (Å²) in [5.41, 5.74) is 2.39. The van der Waals surface area contributed by atoms with E-state index in [0.29, 0.717) is 23.2 Å². The third-order valence-electron chi connectivity index (χ3n) is 12.1. The Morgan fingerprint density at radius 1 is 1.03 bits per heavy atom. The van der Waals surface area contributed by atoms with Gasteiger partial charge in [-0.1, -0.05) is 44.9 Å². The number of hydrogen-bond acceptors (Lipinski definition) is 1. The summed E-state index contributed by atoms with van der Waals surface area (Å²) in [6.07, 6.45) is 21.7. The first kappa shape index (κ1) is 22.4. The molecular weight excluding hydrogens is 402 g/mol. The molecule has 7 aliphatic rings. The third kappa shape index (κ3) is 3.43. The first-order chi connectivity index (χ1) is 15.7. The Balaban J connectivity index is 1.20. The van der Waals surface area contributed by atoms with Crippen LogP contribution in [0.2, 0.25) is 0 Å². The van der Waals surface area contributed by atoms with Gasteiger partial charge in [0.2, 0.25) is 5.91 Å². The van der Waals surface area contributed by atoms with Crippen molar-refractivity contribution in [1.82, 2.24) is 5.32 Å². The predicted octanol–water partition coefficient (Wildman–Crippen LogP) is 7.45. The van der Waals surface area contributed by atoms with Gasteiger partial charge in [0.05, 0.1) is 0 Å². The molecule has 0 spiro atoms. The lowest BCUT2D eigenvalue weighted by molar-refractivity contribution is -0.144. The first-order valence-corrected chi connectivity index (χ1v) is 14.3. The van der Waals surface area contributed by atoms with Gasteiger partial charge in [-0.05, 0) is 123 Å². The zero-order chi connectivity index (χ0) is 23.1. The molecule has 6 fully saturated rings. The van der Waals surface area contributed by atoms with Gasteiger partial charge < -0.3 is 5.32 Å². The highest BCUT2D eigenvalue weighted by Crippen LogP contribution is 2.64. The van der Waals surface area contributed by atoms with Crippen molar-refractivity contribution in [2.75, 3.05) is 6.54 Å². The molecule has 0 aromatic heterocycles. The van der Waals surface area contributed by atoms with Gasteiger partial charge in [0.1, 0.15) is 0 Å². The van der Waals surface area contributed by atoms with E-state index >= 15 is 0 Å². The number of allylic oxidation sites excluding steroid dienone is 3. The van der Waals surface area contributed by atoms with E-state index in [1.54, 1.807) is 5.57 Å². The fourth-order valence-electron chi connectivity index (χ4n) is 10.9. The summed E-state index contributed by atoms with van der Waals surface area (Å²) < 4.78 is 0. The fourth-order valence-corrected chi connectivity index (χ4v) is 10.9. The molecule has 0 saturated heterocycles. The molecule has 0 aromatic rings. The third-order valence-corrected chi connectivity index (χ3v) is 12.1. The Bertz CT molecular complexity index is 835.